The van der Waals surface area contributed by atoms with Crippen LogP contribution in [0.1, 0.15) is 71.1 Å². The highest BCUT2D eigenvalue weighted by Crippen LogP contribution is 2.47. The number of hydrazone groups is 1. The average molecular weight is 560 g/mol. The normalized spacial score (nSPS) is 31.2. The van der Waals surface area contributed by atoms with Gasteiger partial charge in [-0.15, -0.1) is 0 Å². The Morgan fingerprint density at radius 3 is 2.69 bits per heavy atom. The van der Waals surface area contributed by atoms with Crippen molar-refractivity contribution in [1.29, 1.82) is 5.41 Å². The molecule has 4 rings (SSSR count). The predicted molar refractivity (Wildman–Crippen MR) is 154 cm³/mol. The second kappa shape index (κ2) is 12.9. The van der Waals surface area contributed by atoms with E-state index < -0.39 is 23.5 Å². The third kappa shape index (κ3) is 6.95. The molecular weight excluding hydrogens is 518 g/mol. The minimum atomic E-state index is -0.996. The minimum Gasteiger partial charge on any atom is -0.339 e. The van der Waals surface area contributed by atoms with E-state index in [4.69, 9.17) is 5.41 Å². The number of rotatable bonds is 7. The Hall–Kier alpha value is -3.02. The lowest BCUT2D eigenvalue weighted by Gasteiger charge is -2.30. The molecule has 12 heteroatoms. The van der Waals surface area contributed by atoms with Gasteiger partial charge in [-0.05, 0) is 63.7 Å². The van der Waals surface area contributed by atoms with E-state index in [2.05, 4.69) is 38.0 Å². The van der Waals surface area contributed by atoms with Crippen LogP contribution in [0.25, 0.3) is 0 Å². The Balaban J connectivity index is 1.53. The summed E-state index contributed by atoms with van der Waals surface area (Å²) in [5, 5.41) is 19.9. The summed E-state index contributed by atoms with van der Waals surface area (Å²) in [7, 11) is 1.25. The largest absolute Gasteiger partial charge is 0.339 e. The second-order valence-corrected chi connectivity index (χ2v) is 12.8. The molecule has 2 saturated carbocycles. The van der Waals surface area contributed by atoms with E-state index in [1.807, 2.05) is 12.3 Å². The molecule has 4 aliphatic rings. The van der Waals surface area contributed by atoms with Gasteiger partial charge in [-0.3, -0.25) is 24.6 Å². The smallest absolute Gasteiger partial charge is 0.271 e. The SMILES string of the molecule is C/C=S(/NC(=O)[C@@]12C[C@H]1/C=C\CCCCC[C@H](NC(=O)C(=N)/C=N\NC)C(=O)N1CCC[C@H]1C(=O)N2)C1CC1. The van der Waals surface area contributed by atoms with E-state index in [0.29, 0.717) is 37.5 Å². The van der Waals surface area contributed by atoms with Gasteiger partial charge in [-0.2, -0.15) is 5.10 Å². The van der Waals surface area contributed by atoms with Gasteiger partial charge in [0.15, 0.2) is 0 Å². The third-order valence-corrected chi connectivity index (χ3v) is 9.97. The first kappa shape index (κ1) is 29.0. The van der Waals surface area contributed by atoms with Crippen LogP contribution in [0.5, 0.6) is 0 Å². The van der Waals surface area contributed by atoms with Crippen molar-refractivity contribution in [1.82, 2.24) is 25.7 Å². The zero-order valence-electron chi connectivity index (χ0n) is 22.8. The molecular formula is C27H41N7O4S. The van der Waals surface area contributed by atoms with E-state index in [0.717, 1.165) is 44.7 Å². The van der Waals surface area contributed by atoms with Crippen molar-refractivity contribution in [2.75, 3.05) is 13.6 Å². The number of hydrogen-bond acceptors (Lipinski definition) is 7. The molecule has 1 saturated heterocycles. The maximum Gasteiger partial charge on any atom is 0.271 e. The van der Waals surface area contributed by atoms with Crippen molar-refractivity contribution in [3.8, 4) is 0 Å². The molecule has 2 aliphatic carbocycles. The van der Waals surface area contributed by atoms with Crippen molar-refractivity contribution in [2.24, 2.45) is 11.0 Å². The van der Waals surface area contributed by atoms with Crippen LogP contribution in [0.4, 0.5) is 0 Å². The molecule has 0 aromatic heterocycles. The molecule has 1 unspecified atom stereocenters. The number of allylic oxidation sites excluding steroid dienone is 1. The highest BCUT2D eigenvalue weighted by molar-refractivity contribution is 8.14. The molecule has 0 aromatic rings. The molecule has 5 N–H and O–H groups in total. The number of fused-ring (bicyclic) bond motifs is 2. The average Bonchev–Trinajstić information content (AvgIpc) is 3.84. The number of nitrogens with zero attached hydrogens (tertiary/aromatic N) is 2. The van der Waals surface area contributed by atoms with Crippen LogP contribution in [-0.4, -0.2) is 82.3 Å². The van der Waals surface area contributed by atoms with Crippen LogP contribution in [0.3, 0.4) is 0 Å². The van der Waals surface area contributed by atoms with Crippen LogP contribution < -0.4 is 20.8 Å². The molecule has 214 valence electrons. The Morgan fingerprint density at radius 1 is 1.18 bits per heavy atom. The van der Waals surface area contributed by atoms with Crippen molar-refractivity contribution >= 4 is 51.6 Å². The maximum absolute atomic E-state index is 13.7. The van der Waals surface area contributed by atoms with Crippen LogP contribution in [0.2, 0.25) is 0 Å². The highest BCUT2D eigenvalue weighted by atomic mass is 32.2. The Bertz CT molecular complexity index is 1090. The van der Waals surface area contributed by atoms with Gasteiger partial charge in [0, 0.05) is 24.8 Å². The molecule has 2 heterocycles. The van der Waals surface area contributed by atoms with Gasteiger partial charge in [0.25, 0.3) is 11.8 Å². The fraction of sp³-hybridized carbons (Fsp3) is 0.667. The van der Waals surface area contributed by atoms with E-state index in [1.54, 1.807) is 11.9 Å². The molecule has 0 spiro atoms. The lowest BCUT2D eigenvalue weighted by atomic mass is 10.0. The molecule has 0 bridgehead atoms. The third-order valence-electron chi connectivity index (χ3n) is 7.86. The highest BCUT2D eigenvalue weighted by Gasteiger charge is 2.61. The summed E-state index contributed by atoms with van der Waals surface area (Å²) in [6.45, 7) is 2.37. The second-order valence-electron chi connectivity index (χ2n) is 10.7. The summed E-state index contributed by atoms with van der Waals surface area (Å²) in [6, 6.07) is -1.55. The molecule has 39 heavy (non-hydrogen) atoms. The fourth-order valence-corrected chi connectivity index (χ4v) is 7.08. The van der Waals surface area contributed by atoms with E-state index in [9.17, 15) is 19.2 Å². The summed E-state index contributed by atoms with van der Waals surface area (Å²) >= 11 is 0. The van der Waals surface area contributed by atoms with Crippen molar-refractivity contribution < 1.29 is 19.2 Å². The van der Waals surface area contributed by atoms with Crippen molar-refractivity contribution in [3.05, 3.63) is 12.2 Å². The monoisotopic (exact) mass is 559 g/mol. The first-order valence-corrected chi connectivity index (χ1v) is 15.4. The quantitative estimate of drug-likeness (QED) is 0.138. The van der Waals surface area contributed by atoms with Crippen LogP contribution in [0, 0.1) is 11.3 Å². The number of nitrogens with one attached hydrogen (secondary N) is 5. The lowest BCUT2D eigenvalue weighted by Crippen LogP contribution is -2.57. The van der Waals surface area contributed by atoms with Crippen LogP contribution in [0.15, 0.2) is 17.3 Å². The maximum atomic E-state index is 13.7. The van der Waals surface area contributed by atoms with E-state index in [-0.39, 0.29) is 40.0 Å². The summed E-state index contributed by atoms with van der Waals surface area (Å²) in [5.41, 5.74) is 1.14. The standard InChI is InChI=1S/C27H41N7O4S/c1-3-39(19-13-14-19)33-26(38)27-16-18(27)10-7-5-4-6-8-11-21(31-23(35)20(28)17-30-29-2)25(37)34-15-9-12-22(34)24(36)32-27/h3,7,10,17-19,21-22,28-29H,4-6,8-9,11-16H2,1-2H3,(H,31,35)(H,32,36)(H,33,38)/b10-7-,28-20?,30-17-/t18-,21+,22+,27-,39?/m1/s1. The first-order valence-electron chi connectivity index (χ1n) is 14.0. The molecule has 3 fully saturated rings. The Morgan fingerprint density at radius 2 is 1.97 bits per heavy atom. The molecule has 11 nitrogen and oxygen atoms in total. The zero-order valence-corrected chi connectivity index (χ0v) is 23.6. The van der Waals surface area contributed by atoms with Gasteiger partial charge in [0.1, 0.15) is 23.3 Å². The van der Waals surface area contributed by atoms with Gasteiger partial charge in [0.2, 0.25) is 11.8 Å². The number of carbonyl (C=O) groups is 4. The number of amides is 4. The summed E-state index contributed by atoms with van der Waals surface area (Å²) < 4.78 is 3.19. The van der Waals surface area contributed by atoms with Crippen molar-refractivity contribution in [2.45, 2.75) is 94.0 Å². The van der Waals surface area contributed by atoms with Gasteiger partial charge in [0.05, 0.1) is 6.21 Å². The molecule has 2 aliphatic heterocycles. The minimum absolute atomic E-state index is 0.0732. The number of hydrogen-bond donors (Lipinski definition) is 5. The molecule has 4 amide bonds. The summed E-state index contributed by atoms with van der Waals surface area (Å²) in [5.74, 6) is -1.56. The van der Waals surface area contributed by atoms with E-state index in [1.165, 1.54) is 0 Å². The first-order chi connectivity index (χ1) is 18.8. The van der Waals surface area contributed by atoms with Crippen LogP contribution in [-0.2, 0) is 19.2 Å². The summed E-state index contributed by atoms with van der Waals surface area (Å²) in [6.07, 6.45) is 12.9. The fourth-order valence-electron chi connectivity index (χ4n) is 5.37. The molecule has 5 atom stereocenters. The van der Waals surface area contributed by atoms with Gasteiger partial charge >= 0.3 is 0 Å². The van der Waals surface area contributed by atoms with E-state index >= 15 is 0 Å². The summed E-state index contributed by atoms with van der Waals surface area (Å²) in [4.78, 5) is 55.0. The molecule has 0 radical (unpaired) electrons. The number of carbonyl (C=O) groups excluding carboxylic acids is 4. The van der Waals surface area contributed by atoms with Gasteiger partial charge < -0.3 is 25.7 Å². The van der Waals surface area contributed by atoms with Gasteiger partial charge in [-0.25, -0.2) is 0 Å². The molecule has 0 aromatic carbocycles. The topological polar surface area (TPSA) is 156 Å². The van der Waals surface area contributed by atoms with Crippen molar-refractivity contribution in [3.63, 3.8) is 0 Å². The lowest BCUT2D eigenvalue weighted by molar-refractivity contribution is -0.142. The van der Waals surface area contributed by atoms with Gasteiger partial charge in [-0.1, -0.05) is 35.7 Å². The Kier molecular flexibility index (Phi) is 9.58. The Labute approximate surface area is 232 Å². The van der Waals surface area contributed by atoms with Crippen LogP contribution >= 0.6 is 10.7 Å². The zero-order chi connectivity index (χ0) is 28.0. The predicted octanol–water partition coefficient (Wildman–Crippen LogP) is 1.37.